The highest BCUT2D eigenvalue weighted by Crippen LogP contribution is 2.35. The second kappa shape index (κ2) is 8.93. The van der Waals surface area contributed by atoms with Gasteiger partial charge in [0.05, 0.1) is 11.4 Å². The lowest BCUT2D eigenvalue weighted by molar-refractivity contribution is -0.127. The number of fused-ring (bicyclic) bond motifs is 1. The highest BCUT2D eigenvalue weighted by atomic mass is 19.1. The number of halogens is 1. The van der Waals surface area contributed by atoms with Crippen molar-refractivity contribution in [2.24, 2.45) is 0 Å². The molecule has 34 heavy (non-hydrogen) atoms. The van der Waals surface area contributed by atoms with Crippen LogP contribution in [0.3, 0.4) is 0 Å². The van der Waals surface area contributed by atoms with Crippen molar-refractivity contribution in [1.82, 2.24) is 24.6 Å². The molecule has 172 valence electrons. The molecule has 0 unspecified atom stereocenters. The number of hydrogen-bond donors (Lipinski definition) is 1. The van der Waals surface area contributed by atoms with Crippen LogP contribution >= 0.6 is 0 Å². The monoisotopic (exact) mass is 458 g/mol. The third-order valence-corrected chi connectivity index (χ3v) is 5.92. The van der Waals surface area contributed by atoms with Crippen molar-refractivity contribution in [3.63, 3.8) is 0 Å². The Balaban J connectivity index is 1.54. The van der Waals surface area contributed by atoms with Gasteiger partial charge in [0.1, 0.15) is 23.6 Å². The second-order valence-electron chi connectivity index (χ2n) is 8.10. The molecule has 0 saturated carbocycles. The molecular weight excluding hydrogens is 435 g/mol. The summed E-state index contributed by atoms with van der Waals surface area (Å²) in [5.74, 6) is 0.254. The van der Waals surface area contributed by atoms with Crippen molar-refractivity contribution in [3.05, 3.63) is 73.3 Å². The summed E-state index contributed by atoms with van der Waals surface area (Å²) in [6, 6.07) is 13.6. The molecule has 1 saturated heterocycles. The highest BCUT2D eigenvalue weighted by Gasteiger charge is 2.28. The van der Waals surface area contributed by atoms with E-state index in [0.29, 0.717) is 41.1 Å². The van der Waals surface area contributed by atoms with Crippen LogP contribution in [0.1, 0.15) is 18.9 Å². The number of ether oxygens (including phenoxy) is 1. The van der Waals surface area contributed by atoms with Crippen LogP contribution in [0.5, 0.6) is 11.5 Å². The van der Waals surface area contributed by atoms with Gasteiger partial charge in [-0.05, 0) is 49.2 Å². The maximum absolute atomic E-state index is 15.0. The normalized spacial score (nSPS) is 15.9. The largest absolute Gasteiger partial charge is 0.454 e. The van der Waals surface area contributed by atoms with E-state index in [2.05, 4.69) is 16.5 Å². The number of rotatable bonds is 5. The molecule has 0 spiro atoms. The number of likely N-dealkylation sites (tertiary alicyclic amines) is 1. The van der Waals surface area contributed by atoms with E-state index >= 15 is 0 Å². The summed E-state index contributed by atoms with van der Waals surface area (Å²) in [7, 11) is 0. The lowest BCUT2D eigenvalue weighted by atomic mass is 10.1. The molecule has 2 aromatic carbocycles. The molecule has 1 aliphatic rings. The number of nitrogen functional groups attached to an aromatic ring is 1. The second-order valence-corrected chi connectivity index (χ2v) is 8.10. The standard InChI is InChI=1S/C25H23FN6O2/c1-2-21(33)31-12-6-7-17(14-31)32-25-22(24(27)28-15-29-25)23(30-32)16-10-11-20(19(26)13-16)34-18-8-4-3-5-9-18/h2-5,8-11,13,15,17H,1,6-7,12,14H2,(H2,27,28,29)/t17-/m1/s1. The Morgan fingerprint density at radius 3 is 2.79 bits per heavy atom. The topological polar surface area (TPSA) is 99.2 Å². The molecule has 0 aliphatic carbocycles. The number of carbonyl (C=O) groups is 1. The summed E-state index contributed by atoms with van der Waals surface area (Å²) in [4.78, 5) is 22.4. The highest BCUT2D eigenvalue weighted by molar-refractivity contribution is 5.98. The maximum atomic E-state index is 15.0. The average molecular weight is 458 g/mol. The molecule has 1 amide bonds. The molecule has 1 fully saturated rings. The third kappa shape index (κ3) is 3.96. The lowest BCUT2D eigenvalue weighted by Crippen LogP contribution is -2.40. The molecule has 8 nitrogen and oxygen atoms in total. The van der Waals surface area contributed by atoms with Gasteiger partial charge in [-0.25, -0.2) is 19.0 Å². The first-order valence-electron chi connectivity index (χ1n) is 11.0. The summed E-state index contributed by atoms with van der Waals surface area (Å²) in [5.41, 5.74) is 7.75. The van der Waals surface area contributed by atoms with E-state index in [0.717, 1.165) is 12.8 Å². The van der Waals surface area contributed by atoms with Crippen molar-refractivity contribution >= 4 is 22.8 Å². The zero-order chi connectivity index (χ0) is 23.7. The van der Waals surface area contributed by atoms with Crippen molar-refractivity contribution in [2.45, 2.75) is 18.9 Å². The summed E-state index contributed by atoms with van der Waals surface area (Å²) >= 11 is 0. The first kappa shape index (κ1) is 21.6. The zero-order valence-corrected chi connectivity index (χ0v) is 18.4. The number of aromatic nitrogens is 4. The number of piperidine rings is 1. The van der Waals surface area contributed by atoms with E-state index in [1.165, 1.54) is 18.5 Å². The van der Waals surface area contributed by atoms with E-state index in [1.807, 2.05) is 18.2 Å². The number of nitrogens with two attached hydrogens (primary N) is 1. The molecular formula is C25H23FN6O2. The van der Waals surface area contributed by atoms with Crippen LogP contribution in [0.4, 0.5) is 10.2 Å². The molecule has 4 aromatic rings. The number of hydrogen-bond acceptors (Lipinski definition) is 6. The molecule has 0 bridgehead atoms. The van der Waals surface area contributed by atoms with E-state index < -0.39 is 5.82 Å². The predicted octanol–water partition coefficient (Wildman–Crippen LogP) is 4.36. The molecule has 3 heterocycles. The van der Waals surface area contributed by atoms with Crippen LogP contribution in [-0.4, -0.2) is 43.6 Å². The van der Waals surface area contributed by atoms with Crippen LogP contribution in [0, 0.1) is 5.82 Å². The quantitative estimate of drug-likeness (QED) is 0.446. The van der Waals surface area contributed by atoms with Crippen LogP contribution < -0.4 is 10.5 Å². The molecule has 1 atom stereocenters. The number of para-hydroxylation sites is 1. The van der Waals surface area contributed by atoms with Gasteiger partial charge in [-0.1, -0.05) is 24.8 Å². The van der Waals surface area contributed by atoms with Gasteiger partial charge in [-0.3, -0.25) is 4.79 Å². The SMILES string of the molecule is C=CC(=O)N1CCC[C@@H](n2nc(-c3ccc(Oc4ccccc4)c(F)c3)c3c(N)ncnc32)C1. The van der Waals surface area contributed by atoms with Gasteiger partial charge in [0.25, 0.3) is 0 Å². The lowest BCUT2D eigenvalue weighted by Gasteiger charge is -2.32. The van der Waals surface area contributed by atoms with Crippen molar-refractivity contribution in [2.75, 3.05) is 18.8 Å². The number of nitrogens with zero attached hydrogens (tertiary/aromatic N) is 5. The Kier molecular flexibility index (Phi) is 5.67. The Bertz CT molecular complexity index is 1370. The molecule has 2 N–H and O–H groups in total. The fourth-order valence-electron chi connectivity index (χ4n) is 4.28. The smallest absolute Gasteiger partial charge is 0.246 e. The Labute approximate surface area is 195 Å². The fraction of sp³-hybridized carbons (Fsp3) is 0.200. The Hall–Kier alpha value is -4.27. The number of amides is 1. The number of carbonyl (C=O) groups excluding carboxylic acids is 1. The first-order valence-corrected chi connectivity index (χ1v) is 11.0. The predicted molar refractivity (Wildman–Crippen MR) is 127 cm³/mol. The summed E-state index contributed by atoms with van der Waals surface area (Å²) in [6.07, 6.45) is 4.34. The zero-order valence-electron chi connectivity index (χ0n) is 18.4. The summed E-state index contributed by atoms with van der Waals surface area (Å²) in [6.45, 7) is 4.72. The van der Waals surface area contributed by atoms with E-state index in [9.17, 15) is 9.18 Å². The summed E-state index contributed by atoms with van der Waals surface area (Å²) < 4.78 is 22.4. The minimum atomic E-state index is -0.528. The minimum absolute atomic E-state index is 0.103. The van der Waals surface area contributed by atoms with E-state index in [1.54, 1.807) is 33.8 Å². The number of anilines is 1. The summed E-state index contributed by atoms with van der Waals surface area (Å²) in [5, 5.41) is 5.33. The maximum Gasteiger partial charge on any atom is 0.246 e. The number of benzene rings is 2. The third-order valence-electron chi connectivity index (χ3n) is 5.92. The molecule has 2 aromatic heterocycles. The van der Waals surface area contributed by atoms with Gasteiger partial charge >= 0.3 is 0 Å². The Morgan fingerprint density at radius 1 is 1.21 bits per heavy atom. The fourth-order valence-corrected chi connectivity index (χ4v) is 4.28. The van der Waals surface area contributed by atoms with Crippen molar-refractivity contribution in [3.8, 4) is 22.8 Å². The molecule has 0 radical (unpaired) electrons. The first-order chi connectivity index (χ1) is 16.5. The van der Waals surface area contributed by atoms with Gasteiger partial charge in [0.15, 0.2) is 17.2 Å². The Morgan fingerprint density at radius 2 is 2.03 bits per heavy atom. The van der Waals surface area contributed by atoms with Crippen molar-refractivity contribution < 1.29 is 13.9 Å². The van der Waals surface area contributed by atoms with Gasteiger partial charge in [0.2, 0.25) is 5.91 Å². The van der Waals surface area contributed by atoms with Crippen LogP contribution in [-0.2, 0) is 4.79 Å². The van der Waals surface area contributed by atoms with Gasteiger partial charge < -0.3 is 15.4 Å². The van der Waals surface area contributed by atoms with Gasteiger partial charge in [-0.15, -0.1) is 0 Å². The van der Waals surface area contributed by atoms with E-state index in [-0.39, 0.29) is 23.5 Å². The van der Waals surface area contributed by atoms with Gasteiger partial charge in [-0.2, -0.15) is 5.10 Å². The average Bonchev–Trinajstić information content (AvgIpc) is 3.26. The molecule has 1 aliphatic heterocycles. The molecule has 5 rings (SSSR count). The minimum Gasteiger partial charge on any atom is -0.454 e. The van der Waals surface area contributed by atoms with Gasteiger partial charge in [0, 0.05) is 18.7 Å². The van der Waals surface area contributed by atoms with Crippen LogP contribution in [0.2, 0.25) is 0 Å². The molecule has 9 heteroatoms. The van der Waals surface area contributed by atoms with Crippen LogP contribution in [0.15, 0.2) is 67.5 Å². The van der Waals surface area contributed by atoms with Crippen LogP contribution in [0.25, 0.3) is 22.3 Å². The van der Waals surface area contributed by atoms with E-state index in [4.69, 9.17) is 15.6 Å². The van der Waals surface area contributed by atoms with Crippen molar-refractivity contribution in [1.29, 1.82) is 0 Å².